The van der Waals surface area contributed by atoms with Gasteiger partial charge >= 0.3 is 5.97 Å². The summed E-state index contributed by atoms with van der Waals surface area (Å²) in [6.07, 6.45) is 0. The molecule has 0 fully saturated rings. The molecular weight excluding hydrogens is 551 g/mol. The van der Waals surface area contributed by atoms with E-state index < -0.39 is 28.5 Å². The first-order chi connectivity index (χ1) is 14.6. The van der Waals surface area contributed by atoms with Crippen molar-refractivity contribution >= 4 is 83.7 Å². The highest BCUT2D eigenvalue weighted by Gasteiger charge is 2.17. The van der Waals surface area contributed by atoms with Gasteiger partial charge in [-0.2, -0.15) is 0 Å². The van der Waals surface area contributed by atoms with Crippen molar-refractivity contribution in [2.75, 3.05) is 16.6 Å². The average Bonchev–Trinajstić information content (AvgIpc) is 3.17. The van der Waals surface area contributed by atoms with Gasteiger partial charge in [0.05, 0.1) is 20.1 Å². The zero-order valence-electron chi connectivity index (χ0n) is 15.4. The standard InChI is InChI=1S/C19H13BrCl2N2O5S2/c20-16-7-8-18(30-16)31(27,28)24-13-4-1-11(2-5-13)19(26)29-10-17(25)23-15-9-12(21)3-6-14(15)22/h1-9,24H,10H2,(H,23,25). The first kappa shape index (κ1) is 23.6. The number of benzene rings is 2. The maximum atomic E-state index is 12.3. The number of esters is 1. The topological polar surface area (TPSA) is 102 Å². The zero-order chi connectivity index (χ0) is 22.6. The van der Waals surface area contributed by atoms with Crippen molar-refractivity contribution in [1.82, 2.24) is 0 Å². The molecule has 2 N–H and O–H groups in total. The summed E-state index contributed by atoms with van der Waals surface area (Å²) in [6.45, 7) is -0.538. The van der Waals surface area contributed by atoms with E-state index in [1.165, 1.54) is 42.5 Å². The number of hydrogen-bond donors (Lipinski definition) is 2. The number of carbonyl (C=O) groups is 2. The summed E-state index contributed by atoms with van der Waals surface area (Å²) in [7, 11) is -3.73. The van der Waals surface area contributed by atoms with Crippen LogP contribution in [0, 0.1) is 0 Å². The van der Waals surface area contributed by atoms with Gasteiger partial charge in [0.2, 0.25) is 0 Å². The number of thiophene rings is 1. The van der Waals surface area contributed by atoms with Crippen LogP contribution < -0.4 is 10.0 Å². The second-order valence-electron chi connectivity index (χ2n) is 5.99. The van der Waals surface area contributed by atoms with Crippen molar-refractivity contribution in [3.8, 4) is 0 Å². The molecule has 0 unspecified atom stereocenters. The second kappa shape index (κ2) is 10.0. The number of nitrogens with one attached hydrogen (secondary N) is 2. The number of sulfonamides is 1. The van der Waals surface area contributed by atoms with E-state index in [4.69, 9.17) is 27.9 Å². The molecule has 2 aromatic carbocycles. The third-order valence-corrected chi connectivity index (χ3v) is 7.78. The fourth-order valence-electron chi connectivity index (χ4n) is 2.32. The molecule has 12 heteroatoms. The SMILES string of the molecule is O=C(COC(=O)c1ccc(NS(=O)(=O)c2ccc(Br)s2)cc1)Nc1cc(Cl)ccc1Cl. The maximum absolute atomic E-state index is 12.3. The normalized spacial score (nSPS) is 11.1. The number of hydrogen-bond acceptors (Lipinski definition) is 6. The summed E-state index contributed by atoms with van der Waals surface area (Å²) >= 11 is 16.1. The van der Waals surface area contributed by atoms with E-state index in [2.05, 4.69) is 26.0 Å². The van der Waals surface area contributed by atoms with E-state index >= 15 is 0 Å². The van der Waals surface area contributed by atoms with Crippen molar-refractivity contribution in [3.05, 3.63) is 74.0 Å². The maximum Gasteiger partial charge on any atom is 0.338 e. The molecular formula is C19H13BrCl2N2O5S2. The molecule has 0 aliphatic carbocycles. The van der Waals surface area contributed by atoms with Crippen molar-refractivity contribution < 1.29 is 22.7 Å². The third-order valence-electron chi connectivity index (χ3n) is 3.72. The summed E-state index contributed by atoms with van der Waals surface area (Å²) in [6, 6.07) is 13.3. The van der Waals surface area contributed by atoms with Crippen LogP contribution in [-0.2, 0) is 19.6 Å². The lowest BCUT2D eigenvalue weighted by molar-refractivity contribution is -0.119. The van der Waals surface area contributed by atoms with Gasteiger partial charge in [0.25, 0.3) is 15.9 Å². The number of ether oxygens (including phenoxy) is 1. The first-order valence-electron chi connectivity index (χ1n) is 8.44. The lowest BCUT2D eigenvalue weighted by atomic mass is 10.2. The van der Waals surface area contributed by atoms with Crippen molar-refractivity contribution in [2.24, 2.45) is 0 Å². The summed E-state index contributed by atoms with van der Waals surface area (Å²) in [5, 5.41) is 3.18. The Balaban J connectivity index is 1.56. The smallest absolute Gasteiger partial charge is 0.338 e. The summed E-state index contributed by atoms with van der Waals surface area (Å²) < 4.78 is 32.9. The Kier molecular flexibility index (Phi) is 7.60. The van der Waals surface area contributed by atoms with Gasteiger partial charge in [-0.15, -0.1) is 11.3 Å². The molecule has 0 aliphatic heterocycles. The van der Waals surface area contributed by atoms with Crippen LogP contribution in [0.1, 0.15) is 10.4 Å². The highest BCUT2D eigenvalue weighted by molar-refractivity contribution is 9.11. The molecule has 1 amide bonds. The fourth-order valence-corrected chi connectivity index (χ4v) is 5.72. The minimum Gasteiger partial charge on any atom is -0.452 e. The molecule has 31 heavy (non-hydrogen) atoms. The van der Waals surface area contributed by atoms with Gasteiger partial charge in [-0.05, 0) is 70.5 Å². The van der Waals surface area contributed by atoms with Gasteiger partial charge < -0.3 is 10.1 Å². The summed E-state index contributed by atoms with van der Waals surface area (Å²) in [4.78, 5) is 24.1. The van der Waals surface area contributed by atoms with E-state index in [-0.39, 0.29) is 20.5 Å². The molecule has 7 nitrogen and oxygen atoms in total. The minimum atomic E-state index is -3.73. The van der Waals surface area contributed by atoms with Crippen molar-refractivity contribution in [3.63, 3.8) is 0 Å². The molecule has 162 valence electrons. The molecule has 0 bridgehead atoms. The number of anilines is 2. The van der Waals surface area contributed by atoms with Crippen LogP contribution in [0.15, 0.2) is 62.6 Å². The Morgan fingerprint density at radius 3 is 2.39 bits per heavy atom. The van der Waals surface area contributed by atoms with Gasteiger partial charge in [0, 0.05) is 10.7 Å². The average molecular weight is 564 g/mol. The predicted octanol–water partition coefficient (Wildman–Crippen LogP) is 5.41. The Labute approximate surface area is 200 Å². The minimum absolute atomic E-state index is 0.147. The van der Waals surface area contributed by atoms with Gasteiger partial charge in [-0.25, -0.2) is 13.2 Å². The second-order valence-corrected chi connectivity index (χ2v) is 11.2. The van der Waals surface area contributed by atoms with Crippen LogP contribution in [-0.4, -0.2) is 26.9 Å². The Bertz CT molecular complexity index is 1230. The van der Waals surface area contributed by atoms with Crippen LogP contribution in [0.25, 0.3) is 0 Å². The fraction of sp³-hybridized carbons (Fsp3) is 0.0526. The lowest BCUT2D eigenvalue weighted by Crippen LogP contribution is -2.21. The van der Waals surface area contributed by atoms with Gasteiger partial charge in [0.15, 0.2) is 6.61 Å². The molecule has 1 heterocycles. The molecule has 0 saturated carbocycles. The van der Waals surface area contributed by atoms with Crippen LogP contribution in [0.3, 0.4) is 0 Å². The highest BCUT2D eigenvalue weighted by atomic mass is 79.9. The number of rotatable bonds is 7. The molecule has 0 aliphatic rings. The molecule has 0 radical (unpaired) electrons. The number of amides is 1. The van der Waals surface area contributed by atoms with Gasteiger partial charge in [-0.1, -0.05) is 23.2 Å². The van der Waals surface area contributed by atoms with E-state index in [1.54, 1.807) is 12.1 Å². The van der Waals surface area contributed by atoms with Crippen LogP contribution in [0.5, 0.6) is 0 Å². The van der Waals surface area contributed by atoms with E-state index in [9.17, 15) is 18.0 Å². The Hall–Kier alpha value is -2.11. The van der Waals surface area contributed by atoms with E-state index in [1.807, 2.05) is 0 Å². The number of carbonyl (C=O) groups excluding carboxylic acids is 2. The largest absolute Gasteiger partial charge is 0.452 e. The quantitative estimate of drug-likeness (QED) is 0.374. The highest BCUT2D eigenvalue weighted by Crippen LogP contribution is 2.28. The van der Waals surface area contributed by atoms with Crippen LogP contribution in [0.2, 0.25) is 10.0 Å². The predicted molar refractivity (Wildman–Crippen MR) is 125 cm³/mol. The van der Waals surface area contributed by atoms with Gasteiger partial charge in [0.1, 0.15) is 4.21 Å². The van der Waals surface area contributed by atoms with Crippen molar-refractivity contribution in [2.45, 2.75) is 4.21 Å². The Morgan fingerprint density at radius 2 is 1.74 bits per heavy atom. The van der Waals surface area contributed by atoms with Gasteiger partial charge in [-0.3, -0.25) is 9.52 Å². The summed E-state index contributed by atoms with van der Waals surface area (Å²) in [5.41, 5.74) is 0.717. The number of halogens is 3. The Morgan fingerprint density at radius 1 is 1.03 bits per heavy atom. The molecule has 0 spiro atoms. The lowest BCUT2D eigenvalue weighted by Gasteiger charge is -2.09. The molecule has 3 rings (SSSR count). The van der Waals surface area contributed by atoms with Crippen LogP contribution >= 0.6 is 50.5 Å². The summed E-state index contributed by atoms with van der Waals surface area (Å²) in [5.74, 6) is -1.34. The third kappa shape index (κ3) is 6.44. The zero-order valence-corrected chi connectivity index (χ0v) is 20.1. The molecule has 0 saturated heterocycles. The molecule has 1 aromatic heterocycles. The van der Waals surface area contributed by atoms with Crippen LogP contribution in [0.4, 0.5) is 11.4 Å². The van der Waals surface area contributed by atoms with E-state index in [0.29, 0.717) is 14.5 Å². The van der Waals surface area contributed by atoms with Crippen molar-refractivity contribution in [1.29, 1.82) is 0 Å². The molecule has 3 aromatic rings. The monoisotopic (exact) mass is 562 g/mol. The van der Waals surface area contributed by atoms with E-state index in [0.717, 1.165) is 11.3 Å². The first-order valence-corrected chi connectivity index (χ1v) is 12.3. The molecule has 0 atom stereocenters.